The molecule has 2 aromatic rings. The van der Waals surface area contributed by atoms with Crippen LogP contribution in [0.4, 0.5) is 5.69 Å². The molecule has 4 nitrogen and oxygen atoms in total. The molecular formula is C12H14N4. The Hall–Kier alpha value is -2.02. The third-order valence-corrected chi connectivity index (χ3v) is 2.47. The number of aromatic nitrogens is 3. The van der Waals surface area contributed by atoms with Crippen molar-refractivity contribution in [2.24, 2.45) is 7.05 Å². The summed E-state index contributed by atoms with van der Waals surface area (Å²) in [4.78, 5) is 6.24. The first-order chi connectivity index (χ1) is 7.65. The first-order valence-corrected chi connectivity index (χ1v) is 5.06. The molecule has 0 saturated heterocycles. The molecule has 2 heterocycles. The molecule has 0 amide bonds. The lowest BCUT2D eigenvalue weighted by Gasteiger charge is -2.12. The standard InChI is InChI=1S/C12H14N4/c1-5-6-9-12-10(15(2)3)7-13-8-11(12)16(4)14-9/h7-8H,1-4H3. The summed E-state index contributed by atoms with van der Waals surface area (Å²) in [6, 6.07) is 0. The van der Waals surface area contributed by atoms with Crippen LogP contribution in [0.1, 0.15) is 12.6 Å². The fourth-order valence-corrected chi connectivity index (χ4v) is 1.73. The Balaban J connectivity index is 2.86. The van der Waals surface area contributed by atoms with E-state index < -0.39 is 0 Å². The maximum absolute atomic E-state index is 4.40. The second-order valence-electron chi connectivity index (χ2n) is 3.79. The van der Waals surface area contributed by atoms with Gasteiger partial charge < -0.3 is 4.90 Å². The Morgan fingerprint density at radius 1 is 1.31 bits per heavy atom. The SMILES string of the molecule is CC#Cc1nn(C)c2cncc(N(C)C)c12. The number of nitrogens with zero attached hydrogens (tertiary/aromatic N) is 4. The maximum atomic E-state index is 4.40. The first kappa shape index (κ1) is 10.5. The van der Waals surface area contributed by atoms with Crippen LogP contribution in [0.15, 0.2) is 12.4 Å². The summed E-state index contributed by atoms with van der Waals surface area (Å²) in [6.07, 6.45) is 3.65. The van der Waals surface area contributed by atoms with E-state index in [0.29, 0.717) is 0 Å². The molecule has 0 aromatic carbocycles. The third-order valence-electron chi connectivity index (χ3n) is 2.47. The van der Waals surface area contributed by atoms with Crippen molar-refractivity contribution in [2.45, 2.75) is 6.92 Å². The Morgan fingerprint density at radius 2 is 2.06 bits per heavy atom. The Kier molecular flexibility index (Phi) is 2.53. The summed E-state index contributed by atoms with van der Waals surface area (Å²) in [7, 11) is 5.89. The lowest BCUT2D eigenvalue weighted by atomic mass is 10.2. The minimum atomic E-state index is 0.811. The third kappa shape index (κ3) is 1.50. The number of aryl methyl sites for hydroxylation is 1. The summed E-state index contributed by atoms with van der Waals surface area (Å²) >= 11 is 0. The van der Waals surface area contributed by atoms with Crippen LogP contribution >= 0.6 is 0 Å². The van der Waals surface area contributed by atoms with Gasteiger partial charge in [0.1, 0.15) is 5.69 Å². The van der Waals surface area contributed by atoms with Gasteiger partial charge in [0.2, 0.25) is 0 Å². The maximum Gasteiger partial charge on any atom is 0.145 e. The van der Waals surface area contributed by atoms with Crippen LogP contribution in [0.2, 0.25) is 0 Å². The average Bonchev–Trinajstić information content (AvgIpc) is 2.57. The van der Waals surface area contributed by atoms with Gasteiger partial charge in [0.05, 0.1) is 29.0 Å². The zero-order chi connectivity index (χ0) is 11.7. The molecule has 16 heavy (non-hydrogen) atoms. The molecule has 0 saturated carbocycles. The number of hydrogen-bond acceptors (Lipinski definition) is 3. The van der Waals surface area contributed by atoms with Crippen molar-refractivity contribution in [3.05, 3.63) is 18.1 Å². The Bertz CT molecular complexity index is 584. The van der Waals surface area contributed by atoms with E-state index in [1.165, 1.54) is 0 Å². The van der Waals surface area contributed by atoms with Gasteiger partial charge in [-0.3, -0.25) is 9.67 Å². The number of rotatable bonds is 1. The zero-order valence-electron chi connectivity index (χ0n) is 9.94. The number of anilines is 1. The van der Waals surface area contributed by atoms with E-state index in [-0.39, 0.29) is 0 Å². The van der Waals surface area contributed by atoms with Crippen molar-refractivity contribution in [1.29, 1.82) is 0 Å². The minimum Gasteiger partial charge on any atom is -0.376 e. The van der Waals surface area contributed by atoms with Crippen molar-refractivity contribution in [3.8, 4) is 11.8 Å². The van der Waals surface area contributed by atoms with Crippen LogP contribution in [0, 0.1) is 11.8 Å². The van der Waals surface area contributed by atoms with E-state index in [4.69, 9.17) is 0 Å². The summed E-state index contributed by atoms with van der Waals surface area (Å²) in [5, 5.41) is 5.47. The van der Waals surface area contributed by atoms with Gasteiger partial charge in [-0.25, -0.2) is 0 Å². The van der Waals surface area contributed by atoms with Crippen molar-refractivity contribution in [1.82, 2.24) is 14.8 Å². The fourth-order valence-electron chi connectivity index (χ4n) is 1.73. The number of hydrogen-bond donors (Lipinski definition) is 0. The molecule has 0 fully saturated rings. The lowest BCUT2D eigenvalue weighted by Crippen LogP contribution is -2.09. The fraction of sp³-hybridized carbons (Fsp3) is 0.333. The topological polar surface area (TPSA) is 34.0 Å². The van der Waals surface area contributed by atoms with Crippen LogP contribution in [0.3, 0.4) is 0 Å². The number of pyridine rings is 1. The normalized spacial score (nSPS) is 10.0. The molecule has 2 aromatic heterocycles. The van der Waals surface area contributed by atoms with Gasteiger partial charge in [0.25, 0.3) is 0 Å². The molecule has 82 valence electrons. The highest BCUT2D eigenvalue weighted by Crippen LogP contribution is 2.26. The van der Waals surface area contributed by atoms with Crippen LogP contribution < -0.4 is 4.90 Å². The molecular weight excluding hydrogens is 200 g/mol. The van der Waals surface area contributed by atoms with E-state index >= 15 is 0 Å². The highest BCUT2D eigenvalue weighted by molar-refractivity contribution is 5.95. The molecule has 0 atom stereocenters. The zero-order valence-corrected chi connectivity index (χ0v) is 9.94. The highest BCUT2D eigenvalue weighted by Gasteiger charge is 2.12. The van der Waals surface area contributed by atoms with Crippen molar-refractivity contribution in [3.63, 3.8) is 0 Å². The summed E-state index contributed by atoms with van der Waals surface area (Å²) < 4.78 is 1.81. The van der Waals surface area contributed by atoms with Crippen LogP contribution in [0.25, 0.3) is 10.9 Å². The molecule has 0 unspecified atom stereocenters. The first-order valence-electron chi connectivity index (χ1n) is 5.06. The van der Waals surface area contributed by atoms with Gasteiger partial charge in [0, 0.05) is 21.1 Å². The molecule has 0 aliphatic rings. The number of fused-ring (bicyclic) bond motifs is 1. The second-order valence-corrected chi connectivity index (χ2v) is 3.79. The van der Waals surface area contributed by atoms with E-state index in [1.54, 1.807) is 0 Å². The molecule has 0 bridgehead atoms. The van der Waals surface area contributed by atoms with E-state index in [1.807, 2.05) is 50.0 Å². The molecule has 0 radical (unpaired) electrons. The van der Waals surface area contributed by atoms with E-state index in [2.05, 4.69) is 21.9 Å². The average molecular weight is 214 g/mol. The van der Waals surface area contributed by atoms with Gasteiger partial charge >= 0.3 is 0 Å². The molecule has 2 rings (SSSR count). The molecule has 4 heteroatoms. The highest BCUT2D eigenvalue weighted by atomic mass is 15.3. The summed E-state index contributed by atoms with van der Waals surface area (Å²) in [5.74, 6) is 5.92. The van der Waals surface area contributed by atoms with Gasteiger partial charge in [-0.2, -0.15) is 5.10 Å². The summed E-state index contributed by atoms with van der Waals surface area (Å²) in [5.41, 5.74) is 2.86. The van der Waals surface area contributed by atoms with Gasteiger partial charge in [-0.05, 0) is 12.8 Å². The van der Waals surface area contributed by atoms with Crippen LogP contribution in [0.5, 0.6) is 0 Å². The predicted octanol–water partition coefficient (Wildman–Crippen LogP) is 1.41. The van der Waals surface area contributed by atoms with Crippen LogP contribution in [-0.2, 0) is 7.05 Å². The van der Waals surface area contributed by atoms with Gasteiger partial charge in [-0.1, -0.05) is 5.92 Å². The van der Waals surface area contributed by atoms with Crippen molar-refractivity contribution >= 4 is 16.6 Å². The Labute approximate surface area is 94.9 Å². The molecule has 0 aliphatic carbocycles. The largest absolute Gasteiger partial charge is 0.376 e. The monoisotopic (exact) mass is 214 g/mol. The molecule has 0 N–H and O–H groups in total. The van der Waals surface area contributed by atoms with Crippen molar-refractivity contribution < 1.29 is 0 Å². The van der Waals surface area contributed by atoms with Gasteiger partial charge in [-0.15, -0.1) is 0 Å². The van der Waals surface area contributed by atoms with Crippen molar-refractivity contribution in [2.75, 3.05) is 19.0 Å². The predicted molar refractivity (Wildman–Crippen MR) is 65.4 cm³/mol. The minimum absolute atomic E-state index is 0.811. The van der Waals surface area contributed by atoms with Crippen LogP contribution in [-0.4, -0.2) is 28.9 Å². The summed E-state index contributed by atoms with van der Waals surface area (Å²) in [6.45, 7) is 1.82. The van der Waals surface area contributed by atoms with E-state index in [9.17, 15) is 0 Å². The lowest BCUT2D eigenvalue weighted by molar-refractivity contribution is 0.790. The molecule has 0 spiro atoms. The smallest absolute Gasteiger partial charge is 0.145 e. The quantitative estimate of drug-likeness (QED) is 0.673. The second kappa shape index (κ2) is 3.86. The Morgan fingerprint density at radius 3 is 2.69 bits per heavy atom. The molecule has 0 aliphatic heterocycles. The van der Waals surface area contributed by atoms with E-state index in [0.717, 1.165) is 22.3 Å². The van der Waals surface area contributed by atoms with Gasteiger partial charge in [0.15, 0.2) is 0 Å².